The molecule has 0 bridgehead atoms. The molecule has 1 aliphatic heterocycles. The maximum absolute atomic E-state index is 5.74. The molecule has 2 heteroatoms. The highest BCUT2D eigenvalue weighted by Crippen LogP contribution is 2.25. The molecule has 1 aromatic carbocycles. The first-order valence-electron chi connectivity index (χ1n) is 5.98. The van der Waals surface area contributed by atoms with Crippen molar-refractivity contribution < 1.29 is 9.48 Å². The number of hydrogen-bond donors (Lipinski definition) is 0. The van der Waals surface area contributed by atoms with Gasteiger partial charge in [0, 0.05) is 12.5 Å². The summed E-state index contributed by atoms with van der Waals surface area (Å²) in [6.45, 7) is 3.93. The van der Waals surface area contributed by atoms with Gasteiger partial charge < -0.3 is 0 Å². The van der Waals surface area contributed by atoms with Crippen molar-refractivity contribution in [3.63, 3.8) is 0 Å². The second-order valence-corrected chi connectivity index (χ2v) is 4.39. The van der Waals surface area contributed by atoms with E-state index in [2.05, 4.69) is 50.4 Å². The molecule has 16 heavy (non-hydrogen) atoms. The average molecular weight is 218 g/mol. The van der Waals surface area contributed by atoms with Gasteiger partial charge in [0.05, 0.1) is 0 Å². The zero-order valence-corrected chi connectivity index (χ0v) is 10.1. The van der Waals surface area contributed by atoms with Crippen LogP contribution in [0.1, 0.15) is 18.9 Å². The van der Waals surface area contributed by atoms with Gasteiger partial charge in [-0.3, -0.25) is 0 Å². The molecule has 0 amide bonds. The Morgan fingerprint density at radius 2 is 1.94 bits per heavy atom. The molecule has 0 N–H and O–H groups in total. The Kier molecular flexibility index (Phi) is 3.42. The van der Waals surface area contributed by atoms with E-state index in [1.807, 2.05) is 0 Å². The van der Waals surface area contributed by atoms with Gasteiger partial charge in [-0.05, 0) is 18.9 Å². The van der Waals surface area contributed by atoms with Gasteiger partial charge in [0.25, 0.3) is 0 Å². The van der Waals surface area contributed by atoms with Crippen LogP contribution in [0.4, 0.5) is 0 Å². The molecule has 1 aliphatic rings. The van der Waals surface area contributed by atoms with Crippen LogP contribution in [0.25, 0.3) is 0 Å². The molecule has 1 heterocycles. The molecule has 0 radical (unpaired) electrons. The number of nitrogens with zero attached hydrogens (tertiary/aromatic N) is 1. The second-order valence-electron chi connectivity index (χ2n) is 4.39. The SMILES string of the molecule is CC[N+]1(C)OCC=C1CCc1ccccc1. The first-order chi connectivity index (χ1) is 7.74. The van der Waals surface area contributed by atoms with E-state index < -0.39 is 0 Å². The molecule has 0 fully saturated rings. The molecule has 0 saturated heterocycles. The first kappa shape index (κ1) is 11.4. The number of benzene rings is 1. The predicted octanol–water partition coefficient (Wildman–Crippen LogP) is 2.91. The van der Waals surface area contributed by atoms with Crippen molar-refractivity contribution in [2.75, 3.05) is 20.2 Å². The van der Waals surface area contributed by atoms with Crippen molar-refractivity contribution >= 4 is 0 Å². The molecule has 2 nitrogen and oxygen atoms in total. The lowest BCUT2D eigenvalue weighted by Crippen LogP contribution is -2.39. The Hall–Kier alpha value is -1.12. The Labute approximate surface area is 97.7 Å². The van der Waals surface area contributed by atoms with Crippen LogP contribution in [-0.4, -0.2) is 24.8 Å². The normalized spacial score (nSPS) is 24.5. The molecule has 0 aromatic heterocycles. The van der Waals surface area contributed by atoms with Gasteiger partial charge in [-0.1, -0.05) is 30.3 Å². The number of rotatable bonds is 4. The summed E-state index contributed by atoms with van der Waals surface area (Å²) in [7, 11) is 2.14. The predicted molar refractivity (Wildman–Crippen MR) is 65.5 cm³/mol. The maximum atomic E-state index is 5.74. The van der Waals surface area contributed by atoms with E-state index >= 15 is 0 Å². The third-order valence-corrected chi connectivity index (χ3v) is 3.40. The summed E-state index contributed by atoms with van der Waals surface area (Å²) < 4.78 is 0.660. The highest BCUT2D eigenvalue weighted by atomic mass is 16.7. The zero-order valence-electron chi connectivity index (χ0n) is 10.1. The fourth-order valence-corrected chi connectivity index (χ4v) is 2.12. The molecule has 0 saturated carbocycles. The van der Waals surface area contributed by atoms with E-state index in [4.69, 9.17) is 4.84 Å². The van der Waals surface area contributed by atoms with Gasteiger partial charge in [-0.2, -0.15) is 9.48 Å². The van der Waals surface area contributed by atoms with E-state index in [1.54, 1.807) is 0 Å². The van der Waals surface area contributed by atoms with Crippen LogP contribution >= 0.6 is 0 Å². The summed E-state index contributed by atoms with van der Waals surface area (Å²) in [5.74, 6) is 0. The highest BCUT2D eigenvalue weighted by molar-refractivity contribution is 5.16. The molecular formula is C14H20NO+. The van der Waals surface area contributed by atoms with Crippen molar-refractivity contribution in [3.05, 3.63) is 47.7 Å². The number of quaternary nitrogens is 1. The fraction of sp³-hybridized carbons (Fsp3) is 0.429. The minimum Gasteiger partial charge on any atom is -0.194 e. The van der Waals surface area contributed by atoms with Gasteiger partial charge in [-0.15, -0.1) is 0 Å². The quantitative estimate of drug-likeness (QED) is 0.706. The summed E-state index contributed by atoms with van der Waals surface area (Å²) in [6.07, 6.45) is 4.42. The van der Waals surface area contributed by atoms with E-state index in [9.17, 15) is 0 Å². The standard InChI is InChI=1S/C14H20NO/c1-3-15(2)14(11-12-16-15)10-9-13-7-5-4-6-8-13/h4-8,11H,3,9-10,12H2,1-2H3/q+1. The minimum atomic E-state index is 0.660. The Balaban J connectivity index is 1.96. The summed E-state index contributed by atoms with van der Waals surface area (Å²) in [5, 5.41) is 0. The third-order valence-electron chi connectivity index (χ3n) is 3.40. The lowest BCUT2D eigenvalue weighted by atomic mass is 10.1. The third kappa shape index (κ3) is 2.34. The maximum Gasteiger partial charge on any atom is 0.140 e. The number of hydrogen-bond acceptors (Lipinski definition) is 1. The topological polar surface area (TPSA) is 9.23 Å². The lowest BCUT2D eigenvalue weighted by molar-refractivity contribution is -1.05. The molecule has 0 spiro atoms. The Morgan fingerprint density at radius 1 is 1.19 bits per heavy atom. The Bertz CT molecular complexity index is 372. The van der Waals surface area contributed by atoms with E-state index in [1.165, 1.54) is 11.3 Å². The summed E-state index contributed by atoms with van der Waals surface area (Å²) >= 11 is 0. The molecule has 2 rings (SSSR count). The summed E-state index contributed by atoms with van der Waals surface area (Å²) in [4.78, 5) is 5.74. The Morgan fingerprint density at radius 3 is 2.62 bits per heavy atom. The summed E-state index contributed by atoms with van der Waals surface area (Å²) in [6, 6.07) is 10.6. The average Bonchev–Trinajstić information content (AvgIpc) is 2.70. The largest absolute Gasteiger partial charge is 0.194 e. The second kappa shape index (κ2) is 4.81. The van der Waals surface area contributed by atoms with Gasteiger partial charge in [0.1, 0.15) is 25.9 Å². The van der Waals surface area contributed by atoms with Crippen molar-refractivity contribution in [1.82, 2.24) is 0 Å². The minimum absolute atomic E-state index is 0.660. The van der Waals surface area contributed by atoms with Crippen LogP contribution < -0.4 is 0 Å². The zero-order chi connectivity index (χ0) is 11.4. The highest BCUT2D eigenvalue weighted by Gasteiger charge is 2.31. The van der Waals surface area contributed by atoms with Crippen LogP contribution in [-0.2, 0) is 11.3 Å². The van der Waals surface area contributed by atoms with Crippen molar-refractivity contribution in [2.24, 2.45) is 0 Å². The van der Waals surface area contributed by atoms with Gasteiger partial charge in [-0.25, -0.2) is 0 Å². The molecule has 1 aromatic rings. The van der Waals surface area contributed by atoms with Crippen molar-refractivity contribution in [1.29, 1.82) is 0 Å². The summed E-state index contributed by atoms with van der Waals surface area (Å²) in [5.41, 5.74) is 2.81. The monoisotopic (exact) mass is 218 g/mol. The molecule has 86 valence electrons. The molecule has 1 unspecified atom stereocenters. The van der Waals surface area contributed by atoms with Crippen LogP contribution in [0.5, 0.6) is 0 Å². The van der Waals surface area contributed by atoms with Crippen LogP contribution in [0.2, 0.25) is 0 Å². The van der Waals surface area contributed by atoms with E-state index in [0.29, 0.717) is 4.65 Å². The van der Waals surface area contributed by atoms with E-state index in [-0.39, 0.29) is 0 Å². The molecule has 0 aliphatic carbocycles. The smallest absolute Gasteiger partial charge is 0.140 e. The van der Waals surface area contributed by atoms with Crippen LogP contribution in [0.15, 0.2) is 42.1 Å². The lowest BCUT2D eigenvalue weighted by Gasteiger charge is -2.26. The van der Waals surface area contributed by atoms with E-state index in [0.717, 1.165) is 26.0 Å². The number of hydroxylamine groups is 3. The van der Waals surface area contributed by atoms with Crippen LogP contribution in [0, 0.1) is 0 Å². The van der Waals surface area contributed by atoms with Crippen molar-refractivity contribution in [2.45, 2.75) is 19.8 Å². The first-order valence-corrected chi connectivity index (χ1v) is 5.98. The molecule has 1 atom stereocenters. The van der Waals surface area contributed by atoms with Gasteiger partial charge in [0.15, 0.2) is 0 Å². The van der Waals surface area contributed by atoms with Gasteiger partial charge >= 0.3 is 0 Å². The number of aryl methyl sites for hydroxylation is 1. The van der Waals surface area contributed by atoms with Gasteiger partial charge in [0.2, 0.25) is 0 Å². The van der Waals surface area contributed by atoms with Crippen LogP contribution in [0.3, 0.4) is 0 Å². The van der Waals surface area contributed by atoms with Crippen molar-refractivity contribution in [3.8, 4) is 0 Å². The molecular weight excluding hydrogens is 198 g/mol. The fourth-order valence-electron chi connectivity index (χ4n) is 2.12. The number of allylic oxidation sites excluding steroid dienone is 1.